The highest BCUT2D eigenvalue weighted by Crippen LogP contribution is 2.38. The first kappa shape index (κ1) is 63.9. The predicted octanol–water partition coefficient (Wildman–Crippen LogP) is 7.15. The van der Waals surface area contributed by atoms with Gasteiger partial charge < -0.3 is 53.4 Å². The van der Waals surface area contributed by atoms with Crippen LogP contribution >= 0.6 is 0 Å². The maximum Gasteiger partial charge on any atom is 0.411 e. The number of aliphatic hydroxyl groups is 3. The van der Waals surface area contributed by atoms with Crippen molar-refractivity contribution in [3.8, 4) is 0 Å². The maximum atomic E-state index is 14.5. The van der Waals surface area contributed by atoms with E-state index >= 15 is 0 Å². The lowest BCUT2D eigenvalue weighted by atomic mass is 9.78. The third kappa shape index (κ3) is 19.3. The number of carbonyl (C=O) groups is 5. The van der Waals surface area contributed by atoms with Gasteiger partial charge in [0.05, 0.1) is 50.8 Å². The first-order valence-corrected chi connectivity index (χ1v) is 26.9. The quantitative estimate of drug-likeness (QED) is 0.0723. The van der Waals surface area contributed by atoms with Crippen molar-refractivity contribution < 1.29 is 85.6 Å². The van der Waals surface area contributed by atoms with E-state index in [0.717, 1.165) is 10.5 Å². The Bertz CT molecular complexity index is 1990. The lowest BCUT2D eigenvalue weighted by Gasteiger charge is -2.43. The molecule has 3 heterocycles. The summed E-state index contributed by atoms with van der Waals surface area (Å²) in [6.45, 7) is 10.6. The highest BCUT2D eigenvalue weighted by Gasteiger charge is 2.53. The number of ether oxygens (including phenoxy) is 7. The number of fused-ring (bicyclic) bond motifs is 3. The molecular weight excluding hydrogens is 984 g/mol. The van der Waals surface area contributed by atoms with Gasteiger partial charge in [-0.2, -0.15) is 13.2 Å². The van der Waals surface area contributed by atoms with Crippen LogP contribution in [0.2, 0.25) is 0 Å². The van der Waals surface area contributed by atoms with Crippen LogP contribution in [-0.4, -0.2) is 164 Å². The number of esters is 1. The third-order valence-corrected chi connectivity index (χ3v) is 15.4. The van der Waals surface area contributed by atoms with E-state index in [0.29, 0.717) is 63.4 Å². The number of aliphatic hydroxyl groups excluding tert-OH is 2. The number of alkyl halides is 3. The van der Waals surface area contributed by atoms with Crippen LogP contribution in [0.15, 0.2) is 47.6 Å². The molecule has 3 N–H and O–H groups in total. The van der Waals surface area contributed by atoms with Crippen molar-refractivity contribution in [2.75, 3.05) is 53.8 Å². The number of carbonyl (C=O) groups excluding carboxylic acids is 5. The maximum absolute atomic E-state index is 14.5. The Balaban J connectivity index is 1.68. The van der Waals surface area contributed by atoms with Gasteiger partial charge >= 0.3 is 12.1 Å². The van der Waals surface area contributed by atoms with Crippen LogP contribution in [0.3, 0.4) is 0 Å². The molecule has 1 amide bonds. The minimum atomic E-state index is -4.46. The molecule has 426 valence electrons. The average Bonchev–Trinajstić information content (AvgIpc) is 3.36. The van der Waals surface area contributed by atoms with Crippen LogP contribution in [-0.2, 0) is 57.1 Å². The molecule has 4 aliphatic rings. The number of methoxy groups -OCH3 is 2. The Labute approximate surface area is 441 Å². The topological polar surface area (TPSA) is 214 Å². The number of rotatable bonds is 13. The van der Waals surface area contributed by atoms with Crippen molar-refractivity contribution in [1.82, 2.24) is 4.90 Å². The predicted molar refractivity (Wildman–Crippen MR) is 272 cm³/mol. The van der Waals surface area contributed by atoms with Crippen LogP contribution in [0.4, 0.5) is 13.2 Å². The largest absolute Gasteiger partial charge is 0.460 e. The van der Waals surface area contributed by atoms with Gasteiger partial charge in [-0.05, 0) is 107 Å². The molecule has 0 aromatic carbocycles. The summed E-state index contributed by atoms with van der Waals surface area (Å²) in [6, 6.07) is -1.22. The minimum Gasteiger partial charge on any atom is -0.460 e. The molecule has 19 heteroatoms. The summed E-state index contributed by atoms with van der Waals surface area (Å²) in [6.07, 6.45) is 4.79. The van der Waals surface area contributed by atoms with Crippen LogP contribution in [0, 0.1) is 35.5 Å². The van der Waals surface area contributed by atoms with E-state index in [1.54, 1.807) is 53.0 Å². The van der Waals surface area contributed by atoms with Crippen molar-refractivity contribution in [1.29, 1.82) is 0 Å². The number of Topliss-reactive ketones (excluding diaryl/α,β-unsaturated/α-hetero) is 3. The Morgan fingerprint density at radius 1 is 0.840 bits per heavy atom. The molecule has 2 bridgehead atoms. The van der Waals surface area contributed by atoms with Gasteiger partial charge in [-0.3, -0.25) is 19.2 Å². The summed E-state index contributed by atoms with van der Waals surface area (Å²) >= 11 is 0. The molecule has 3 aliphatic heterocycles. The monoisotopic (exact) mass is 1070 g/mol. The zero-order valence-electron chi connectivity index (χ0n) is 45.6. The molecule has 2 saturated heterocycles. The molecule has 3 fully saturated rings. The van der Waals surface area contributed by atoms with E-state index in [1.165, 1.54) is 7.11 Å². The molecule has 4 rings (SSSR count). The third-order valence-electron chi connectivity index (χ3n) is 15.4. The van der Waals surface area contributed by atoms with Crippen molar-refractivity contribution in [2.45, 2.75) is 186 Å². The van der Waals surface area contributed by atoms with E-state index in [2.05, 4.69) is 4.74 Å². The number of piperidine rings is 1. The van der Waals surface area contributed by atoms with E-state index in [9.17, 15) is 52.5 Å². The fraction of sp³-hybridized carbons (Fsp3) is 0.768. The van der Waals surface area contributed by atoms with Crippen LogP contribution in [0.25, 0.3) is 0 Å². The van der Waals surface area contributed by atoms with Crippen molar-refractivity contribution in [2.24, 2.45) is 35.5 Å². The Kier molecular flexibility index (Phi) is 26.0. The number of ketones is 3. The Morgan fingerprint density at radius 2 is 1.55 bits per heavy atom. The molecule has 1 aliphatic carbocycles. The van der Waals surface area contributed by atoms with Gasteiger partial charge in [0.25, 0.3) is 11.7 Å². The fourth-order valence-electron chi connectivity index (χ4n) is 10.7. The Hall–Kier alpha value is -3.66. The summed E-state index contributed by atoms with van der Waals surface area (Å²) in [4.78, 5) is 72.4. The van der Waals surface area contributed by atoms with Gasteiger partial charge in [0.2, 0.25) is 5.79 Å². The molecule has 0 aromatic heterocycles. The first-order chi connectivity index (χ1) is 35.4. The molecular formula is C56H86F3NO15. The van der Waals surface area contributed by atoms with Gasteiger partial charge in [-0.25, -0.2) is 4.79 Å². The standard InChI is InChI=1S/C56H86F3NO15/c1-34-15-11-10-12-16-35(2)46(73-26-25-71-23-24-72-33-55(57,58)59)31-42-20-18-40(7)56(68,75-42)52(65)53(66)60-22-14-13-17-43(60)54(67)74-47(37(4)29-41-19-21-44(61)48(30-41)69-8)32-45(62)36(3)28-39(6)50(64)51(70-9)49(63)38(5)27-34/h10-12,15-16,28,34,36-38,40-44,46-48,50-51,61,64,68H,13-14,17-27,29-33H2,1-9H3/b12-10+,15-11+,35-16+,39-28+/t34-,36-,37-,38-,40-,41?,42+,43+,44-,46+,47?,48-,50-,51+,56-/m1/s1. The zero-order chi connectivity index (χ0) is 55.6. The molecule has 16 nitrogen and oxygen atoms in total. The summed E-state index contributed by atoms with van der Waals surface area (Å²) < 4.78 is 77.4. The SMILES string of the molecule is CO[C@@H]1CC(C[C@@H](C)C2CC(=O)[C@H](C)/C=C(\C)[C@@H](O)[C@@H](OC)C(=O)[C@H](C)C[C@H](C)/C=C/C=C/C=C(\C)[C@@H](OCCOCCOCC(F)(F)F)C[C@@H]3CC[C@@H](C)[C@@](O)(O3)C(=O)C(=O)N3CCCC[C@H]3C(=O)O2)CC[C@H]1O. The molecule has 1 saturated carbocycles. The van der Waals surface area contributed by atoms with Gasteiger partial charge in [0, 0.05) is 51.4 Å². The molecule has 75 heavy (non-hydrogen) atoms. The van der Waals surface area contributed by atoms with Gasteiger partial charge in [-0.1, -0.05) is 71.1 Å². The number of hydrogen-bond acceptors (Lipinski definition) is 15. The highest BCUT2D eigenvalue weighted by atomic mass is 19.4. The second-order valence-electron chi connectivity index (χ2n) is 21.5. The molecule has 0 radical (unpaired) electrons. The van der Waals surface area contributed by atoms with E-state index in [-0.39, 0.29) is 87.7 Å². The second kappa shape index (κ2) is 30.5. The average molecular weight is 1070 g/mol. The van der Waals surface area contributed by atoms with Gasteiger partial charge in [-0.15, -0.1) is 0 Å². The molecule has 15 atom stereocenters. The minimum absolute atomic E-state index is 0.0191. The second-order valence-corrected chi connectivity index (χ2v) is 21.5. The van der Waals surface area contributed by atoms with Gasteiger partial charge in [0.1, 0.15) is 36.7 Å². The van der Waals surface area contributed by atoms with Crippen molar-refractivity contribution in [3.63, 3.8) is 0 Å². The number of nitrogens with zero attached hydrogens (tertiary/aromatic N) is 1. The summed E-state index contributed by atoms with van der Waals surface area (Å²) in [5.41, 5.74) is 1.07. The van der Waals surface area contributed by atoms with Crippen LogP contribution in [0.1, 0.15) is 126 Å². The molecule has 2 unspecified atom stereocenters. The van der Waals surface area contributed by atoms with Crippen molar-refractivity contribution in [3.05, 3.63) is 47.6 Å². The lowest BCUT2D eigenvalue weighted by molar-refractivity contribution is -0.266. The van der Waals surface area contributed by atoms with Crippen LogP contribution in [0.5, 0.6) is 0 Å². The first-order valence-electron chi connectivity index (χ1n) is 26.9. The summed E-state index contributed by atoms with van der Waals surface area (Å²) in [7, 11) is 2.89. The zero-order valence-corrected chi connectivity index (χ0v) is 45.6. The molecule has 0 spiro atoms. The number of hydrogen-bond donors (Lipinski definition) is 3. The smallest absolute Gasteiger partial charge is 0.411 e. The normalized spacial score (nSPS) is 36.9. The summed E-state index contributed by atoms with van der Waals surface area (Å²) in [5.74, 6) is -8.80. The highest BCUT2D eigenvalue weighted by molar-refractivity contribution is 6.39. The number of amides is 1. The van der Waals surface area contributed by atoms with Gasteiger partial charge in [0.15, 0.2) is 5.78 Å². The van der Waals surface area contributed by atoms with E-state index < -0.39 is 96.6 Å². The molecule has 0 aromatic rings. The van der Waals surface area contributed by atoms with Crippen molar-refractivity contribution >= 4 is 29.2 Å². The number of cyclic esters (lactones) is 1. The fourth-order valence-corrected chi connectivity index (χ4v) is 10.7. The van der Waals surface area contributed by atoms with E-state index in [4.69, 9.17) is 28.4 Å². The van der Waals surface area contributed by atoms with E-state index in [1.807, 2.05) is 39.0 Å². The number of allylic oxidation sites excluding steroid dienone is 6. The number of halogens is 3. The Morgan fingerprint density at radius 3 is 2.24 bits per heavy atom. The summed E-state index contributed by atoms with van der Waals surface area (Å²) in [5, 5.41) is 34.1. The lowest BCUT2D eigenvalue weighted by Crippen LogP contribution is -2.61. The van der Waals surface area contributed by atoms with Crippen LogP contribution < -0.4 is 0 Å².